The SMILES string of the molecule is Cc1cnccc1Oc1ccc(N)cc1Cl. The average Bonchev–Trinajstić information content (AvgIpc) is 2.25. The van der Waals surface area contributed by atoms with E-state index in [0.29, 0.717) is 16.5 Å². The van der Waals surface area contributed by atoms with E-state index in [2.05, 4.69) is 4.98 Å². The van der Waals surface area contributed by atoms with Crippen molar-refractivity contribution in [2.75, 3.05) is 5.73 Å². The number of halogens is 1. The van der Waals surface area contributed by atoms with Gasteiger partial charge in [0.2, 0.25) is 0 Å². The Hall–Kier alpha value is -1.74. The molecule has 4 heteroatoms. The van der Waals surface area contributed by atoms with Crippen LogP contribution in [-0.4, -0.2) is 4.98 Å². The molecule has 0 unspecified atom stereocenters. The topological polar surface area (TPSA) is 48.1 Å². The Bertz CT molecular complexity index is 514. The normalized spacial score (nSPS) is 10.1. The lowest BCUT2D eigenvalue weighted by molar-refractivity contribution is 0.478. The first-order valence-corrected chi connectivity index (χ1v) is 5.18. The molecule has 0 fully saturated rings. The molecule has 1 aromatic carbocycles. The summed E-state index contributed by atoms with van der Waals surface area (Å²) in [4.78, 5) is 3.99. The van der Waals surface area contributed by atoms with E-state index >= 15 is 0 Å². The molecule has 0 saturated heterocycles. The Morgan fingerprint density at radius 1 is 1.25 bits per heavy atom. The number of nitrogen functional groups attached to an aromatic ring is 1. The molecule has 0 aliphatic carbocycles. The highest BCUT2D eigenvalue weighted by atomic mass is 35.5. The number of benzene rings is 1. The monoisotopic (exact) mass is 234 g/mol. The number of anilines is 1. The summed E-state index contributed by atoms with van der Waals surface area (Å²) in [7, 11) is 0. The summed E-state index contributed by atoms with van der Waals surface area (Å²) in [5.74, 6) is 1.33. The van der Waals surface area contributed by atoms with Crippen molar-refractivity contribution in [3.05, 3.63) is 47.2 Å². The molecule has 0 bridgehead atoms. The van der Waals surface area contributed by atoms with Crippen LogP contribution in [0.25, 0.3) is 0 Å². The molecule has 2 aromatic rings. The maximum atomic E-state index is 6.01. The zero-order chi connectivity index (χ0) is 11.5. The van der Waals surface area contributed by atoms with Crippen molar-refractivity contribution in [2.24, 2.45) is 0 Å². The molecular weight excluding hydrogens is 224 g/mol. The van der Waals surface area contributed by atoms with Crippen LogP contribution in [0.1, 0.15) is 5.56 Å². The van der Waals surface area contributed by atoms with Crippen LogP contribution in [0.3, 0.4) is 0 Å². The van der Waals surface area contributed by atoms with Crippen molar-refractivity contribution < 1.29 is 4.74 Å². The standard InChI is InChI=1S/C12H11ClN2O/c1-8-7-15-5-4-11(8)16-12-3-2-9(14)6-10(12)13/h2-7H,14H2,1H3. The van der Waals surface area contributed by atoms with Crippen molar-refractivity contribution in [1.82, 2.24) is 4.98 Å². The summed E-state index contributed by atoms with van der Waals surface area (Å²) in [6.07, 6.45) is 3.41. The number of hydrogen-bond acceptors (Lipinski definition) is 3. The van der Waals surface area contributed by atoms with Crippen LogP contribution < -0.4 is 10.5 Å². The molecular formula is C12H11ClN2O. The Morgan fingerprint density at radius 3 is 2.75 bits per heavy atom. The van der Waals surface area contributed by atoms with E-state index in [9.17, 15) is 0 Å². The zero-order valence-corrected chi connectivity index (χ0v) is 9.53. The molecule has 1 heterocycles. The average molecular weight is 235 g/mol. The molecule has 0 amide bonds. The van der Waals surface area contributed by atoms with Crippen LogP contribution in [0.2, 0.25) is 5.02 Å². The summed E-state index contributed by atoms with van der Waals surface area (Å²) in [5.41, 5.74) is 7.17. The van der Waals surface area contributed by atoms with E-state index in [1.165, 1.54) is 0 Å². The number of hydrogen-bond donors (Lipinski definition) is 1. The van der Waals surface area contributed by atoms with Gasteiger partial charge in [0.05, 0.1) is 5.02 Å². The van der Waals surface area contributed by atoms with Gasteiger partial charge in [0, 0.05) is 23.6 Å². The minimum absolute atomic E-state index is 0.496. The van der Waals surface area contributed by atoms with Crippen LogP contribution in [0, 0.1) is 6.92 Å². The van der Waals surface area contributed by atoms with Crippen LogP contribution >= 0.6 is 11.6 Å². The lowest BCUT2D eigenvalue weighted by Crippen LogP contribution is -1.90. The highest BCUT2D eigenvalue weighted by Crippen LogP contribution is 2.31. The van der Waals surface area contributed by atoms with E-state index in [0.717, 1.165) is 11.3 Å². The number of rotatable bonds is 2. The smallest absolute Gasteiger partial charge is 0.146 e. The highest BCUT2D eigenvalue weighted by Gasteiger charge is 2.05. The van der Waals surface area contributed by atoms with Crippen molar-refractivity contribution >= 4 is 17.3 Å². The second-order valence-corrected chi connectivity index (χ2v) is 3.84. The number of aromatic nitrogens is 1. The van der Waals surface area contributed by atoms with E-state index in [1.54, 1.807) is 36.7 Å². The fourth-order valence-corrected chi connectivity index (χ4v) is 1.52. The molecule has 2 rings (SSSR count). The lowest BCUT2D eigenvalue weighted by atomic mass is 10.3. The van der Waals surface area contributed by atoms with Gasteiger partial charge in [0.15, 0.2) is 0 Å². The third-order valence-corrected chi connectivity index (χ3v) is 2.44. The van der Waals surface area contributed by atoms with Gasteiger partial charge in [-0.15, -0.1) is 0 Å². The predicted molar refractivity (Wildman–Crippen MR) is 64.9 cm³/mol. The maximum Gasteiger partial charge on any atom is 0.146 e. The van der Waals surface area contributed by atoms with Gasteiger partial charge in [-0.25, -0.2) is 0 Å². The lowest BCUT2D eigenvalue weighted by Gasteiger charge is -2.09. The Morgan fingerprint density at radius 2 is 2.06 bits per heavy atom. The minimum Gasteiger partial charge on any atom is -0.455 e. The molecule has 82 valence electrons. The third-order valence-electron chi connectivity index (χ3n) is 2.14. The second kappa shape index (κ2) is 4.41. The molecule has 0 spiro atoms. The van der Waals surface area contributed by atoms with Crippen LogP contribution in [0.5, 0.6) is 11.5 Å². The number of pyridine rings is 1. The van der Waals surface area contributed by atoms with Gasteiger partial charge in [-0.1, -0.05) is 11.6 Å². The molecule has 0 aliphatic heterocycles. The van der Waals surface area contributed by atoms with Crippen LogP contribution in [-0.2, 0) is 0 Å². The van der Waals surface area contributed by atoms with Gasteiger partial charge in [0.1, 0.15) is 11.5 Å². The highest BCUT2D eigenvalue weighted by molar-refractivity contribution is 6.32. The van der Waals surface area contributed by atoms with Gasteiger partial charge < -0.3 is 10.5 Å². The third kappa shape index (κ3) is 2.25. The summed E-state index contributed by atoms with van der Waals surface area (Å²) >= 11 is 6.01. The fraction of sp³-hybridized carbons (Fsp3) is 0.0833. The number of nitrogens with two attached hydrogens (primary N) is 1. The van der Waals surface area contributed by atoms with Crippen molar-refractivity contribution in [3.63, 3.8) is 0 Å². The van der Waals surface area contributed by atoms with E-state index in [1.807, 2.05) is 6.92 Å². The molecule has 0 atom stereocenters. The van der Waals surface area contributed by atoms with E-state index < -0.39 is 0 Å². The second-order valence-electron chi connectivity index (χ2n) is 3.43. The first-order valence-electron chi connectivity index (χ1n) is 4.80. The molecule has 0 radical (unpaired) electrons. The molecule has 16 heavy (non-hydrogen) atoms. The van der Waals surface area contributed by atoms with Gasteiger partial charge in [-0.3, -0.25) is 4.98 Å². The van der Waals surface area contributed by atoms with Gasteiger partial charge in [-0.05, 0) is 31.2 Å². The first kappa shape index (κ1) is 10.8. The summed E-state index contributed by atoms with van der Waals surface area (Å²) in [5, 5.41) is 0.496. The number of ether oxygens (including phenoxy) is 1. The van der Waals surface area contributed by atoms with Crippen molar-refractivity contribution in [2.45, 2.75) is 6.92 Å². The minimum atomic E-state index is 0.496. The largest absolute Gasteiger partial charge is 0.455 e. The van der Waals surface area contributed by atoms with Gasteiger partial charge >= 0.3 is 0 Å². The fourth-order valence-electron chi connectivity index (χ4n) is 1.29. The van der Waals surface area contributed by atoms with Crippen LogP contribution in [0.15, 0.2) is 36.7 Å². The van der Waals surface area contributed by atoms with Crippen LogP contribution in [0.4, 0.5) is 5.69 Å². The molecule has 3 nitrogen and oxygen atoms in total. The van der Waals surface area contributed by atoms with Gasteiger partial charge in [-0.2, -0.15) is 0 Å². The molecule has 0 saturated carbocycles. The number of aryl methyl sites for hydroxylation is 1. The summed E-state index contributed by atoms with van der Waals surface area (Å²) < 4.78 is 5.67. The Balaban J connectivity index is 2.31. The first-order chi connectivity index (χ1) is 7.66. The van der Waals surface area contributed by atoms with Crippen molar-refractivity contribution in [1.29, 1.82) is 0 Å². The number of nitrogens with zero attached hydrogens (tertiary/aromatic N) is 1. The van der Waals surface area contributed by atoms with Gasteiger partial charge in [0.25, 0.3) is 0 Å². The molecule has 0 aliphatic rings. The maximum absolute atomic E-state index is 6.01. The Kier molecular flexibility index (Phi) is 2.97. The quantitative estimate of drug-likeness (QED) is 0.810. The predicted octanol–water partition coefficient (Wildman–Crippen LogP) is 3.42. The molecule has 1 aromatic heterocycles. The van der Waals surface area contributed by atoms with Crippen molar-refractivity contribution in [3.8, 4) is 11.5 Å². The van der Waals surface area contributed by atoms with E-state index in [-0.39, 0.29) is 0 Å². The Labute approximate surface area is 98.8 Å². The zero-order valence-electron chi connectivity index (χ0n) is 8.77. The summed E-state index contributed by atoms with van der Waals surface area (Å²) in [6.45, 7) is 1.92. The summed E-state index contributed by atoms with van der Waals surface area (Å²) in [6, 6.07) is 6.95. The van der Waals surface area contributed by atoms with E-state index in [4.69, 9.17) is 22.1 Å². The molecule has 2 N–H and O–H groups in total.